The van der Waals surface area contributed by atoms with Crippen molar-refractivity contribution in [3.63, 3.8) is 0 Å². The standard InChI is InChI=1S/C17H22BrNO3/c1-16(2,3)22-14(20)11-19(4)15(21)17(8-9-17)12-6-5-7-13(18)10-12/h5-7,10H,8-9,11H2,1-4H3. The van der Waals surface area contributed by atoms with Crippen LogP contribution in [-0.4, -0.2) is 36.0 Å². The van der Waals surface area contributed by atoms with E-state index < -0.39 is 11.0 Å². The maximum atomic E-state index is 12.7. The van der Waals surface area contributed by atoms with E-state index in [0.29, 0.717) is 0 Å². The van der Waals surface area contributed by atoms with Crippen LogP contribution in [0.5, 0.6) is 0 Å². The molecule has 120 valence electrons. The van der Waals surface area contributed by atoms with E-state index in [1.165, 1.54) is 4.90 Å². The number of carbonyl (C=O) groups is 2. The van der Waals surface area contributed by atoms with Crippen molar-refractivity contribution < 1.29 is 14.3 Å². The summed E-state index contributed by atoms with van der Waals surface area (Å²) < 4.78 is 6.23. The Bertz CT molecular complexity index is 588. The van der Waals surface area contributed by atoms with E-state index in [1.54, 1.807) is 7.05 Å². The predicted octanol–water partition coefficient (Wildman–Crippen LogP) is 3.28. The largest absolute Gasteiger partial charge is 0.459 e. The fourth-order valence-electron chi connectivity index (χ4n) is 2.54. The Labute approximate surface area is 140 Å². The first-order valence-corrected chi connectivity index (χ1v) is 8.17. The maximum Gasteiger partial charge on any atom is 0.326 e. The second-order valence-corrected chi connectivity index (χ2v) is 7.76. The number of ether oxygens (including phenoxy) is 1. The van der Waals surface area contributed by atoms with Gasteiger partial charge in [0.2, 0.25) is 5.91 Å². The molecule has 1 aliphatic rings. The first-order chi connectivity index (χ1) is 10.1. The molecular weight excluding hydrogens is 346 g/mol. The number of halogens is 1. The average Bonchev–Trinajstić information content (AvgIpc) is 3.16. The van der Waals surface area contributed by atoms with Gasteiger partial charge in [-0.05, 0) is 51.3 Å². The Kier molecular flexibility index (Phi) is 4.66. The highest BCUT2D eigenvalue weighted by atomic mass is 79.9. The first-order valence-electron chi connectivity index (χ1n) is 7.37. The monoisotopic (exact) mass is 367 g/mol. The molecule has 4 nitrogen and oxygen atoms in total. The van der Waals surface area contributed by atoms with Gasteiger partial charge in [-0.2, -0.15) is 0 Å². The van der Waals surface area contributed by atoms with Crippen molar-refractivity contribution in [3.8, 4) is 0 Å². The fourth-order valence-corrected chi connectivity index (χ4v) is 2.94. The molecule has 1 aliphatic carbocycles. The third-order valence-corrected chi connectivity index (χ3v) is 4.16. The Morgan fingerprint density at radius 1 is 1.32 bits per heavy atom. The van der Waals surface area contributed by atoms with Crippen LogP contribution in [-0.2, 0) is 19.7 Å². The Hall–Kier alpha value is -1.36. The second-order valence-electron chi connectivity index (χ2n) is 6.84. The van der Waals surface area contributed by atoms with E-state index in [9.17, 15) is 9.59 Å². The van der Waals surface area contributed by atoms with Crippen molar-refractivity contribution in [1.82, 2.24) is 4.90 Å². The summed E-state index contributed by atoms with van der Waals surface area (Å²) in [6.07, 6.45) is 1.64. The van der Waals surface area contributed by atoms with Gasteiger partial charge in [0.1, 0.15) is 12.1 Å². The smallest absolute Gasteiger partial charge is 0.326 e. The van der Waals surface area contributed by atoms with Gasteiger partial charge in [-0.15, -0.1) is 0 Å². The molecular formula is C17H22BrNO3. The van der Waals surface area contributed by atoms with Gasteiger partial charge in [0.05, 0.1) is 5.41 Å². The van der Waals surface area contributed by atoms with Crippen molar-refractivity contribution >= 4 is 27.8 Å². The molecule has 1 aromatic carbocycles. The number of likely N-dealkylation sites (N-methyl/N-ethyl adjacent to an activating group) is 1. The molecule has 0 aromatic heterocycles. The van der Waals surface area contributed by atoms with E-state index >= 15 is 0 Å². The minimum absolute atomic E-state index is 0.0172. The number of amides is 1. The van der Waals surface area contributed by atoms with E-state index in [-0.39, 0.29) is 18.4 Å². The molecule has 0 N–H and O–H groups in total. The van der Waals surface area contributed by atoms with Crippen LogP contribution in [0.15, 0.2) is 28.7 Å². The molecule has 22 heavy (non-hydrogen) atoms. The zero-order valence-electron chi connectivity index (χ0n) is 13.5. The molecule has 0 radical (unpaired) electrons. The van der Waals surface area contributed by atoms with Gasteiger partial charge in [-0.1, -0.05) is 28.1 Å². The molecule has 0 atom stereocenters. The summed E-state index contributed by atoms with van der Waals surface area (Å²) in [7, 11) is 1.66. The third kappa shape index (κ3) is 3.88. The van der Waals surface area contributed by atoms with Gasteiger partial charge in [0, 0.05) is 11.5 Å². The number of esters is 1. The number of nitrogens with zero attached hydrogens (tertiary/aromatic N) is 1. The molecule has 1 aromatic rings. The third-order valence-electron chi connectivity index (χ3n) is 3.67. The molecule has 0 aliphatic heterocycles. The van der Waals surface area contributed by atoms with Gasteiger partial charge in [-0.25, -0.2) is 0 Å². The summed E-state index contributed by atoms with van der Waals surface area (Å²) in [6, 6.07) is 7.82. The molecule has 0 spiro atoms. The molecule has 0 bridgehead atoms. The average molecular weight is 368 g/mol. The number of rotatable bonds is 4. The maximum absolute atomic E-state index is 12.7. The molecule has 0 heterocycles. The highest BCUT2D eigenvalue weighted by Crippen LogP contribution is 2.49. The van der Waals surface area contributed by atoms with Crippen LogP contribution in [0.3, 0.4) is 0 Å². The lowest BCUT2D eigenvalue weighted by Gasteiger charge is -2.25. The van der Waals surface area contributed by atoms with Crippen LogP contribution in [0.4, 0.5) is 0 Å². The molecule has 0 unspecified atom stereocenters. The van der Waals surface area contributed by atoms with Crippen LogP contribution in [0.1, 0.15) is 39.2 Å². The van der Waals surface area contributed by atoms with E-state index in [4.69, 9.17) is 4.74 Å². The normalized spacial score (nSPS) is 16.0. The lowest BCUT2D eigenvalue weighted by molar-refractivity contribution is -0.158. The van der Waals surface area contributed by atoms with Gasteiger partial charge >= 0.3 is 5.97 Å². The zero-order valence-corrected chi connectivity index (χ0v) is 15.1. The first kappa shape index (κ1) is 17.0. The number of benzene rings is 1. The summed E-state index contributed by atoms with van der Waals surface area (Å²) >= 11 is 3.44. The lowest BCUT2D eigenvalue weighted by Crippen LogP contribution is -2.41. The second kappa shape index (κ2) is 6.03. The lowest BCUT2D eigenvalue weighted by atomic mass is 9.94. The summed E-state index contributed by atoms with van der Waals surface area (Å²) in [5.74, 6) is -0.398. The van der Waals surface area contributed by atoms with Crippen LogP contribution >= 0.6 is 15.9 Å². The summed E-state index contributed by atoms with van der Waals surface area (Å²) in [5.41, 5.74) is -0.00814. The number of hydrogen-bond donors (Lipinski definition) is 0. The number of carbonyl (C=O) groups excluding carboxylic acids is 2. The Balaban J connectivity index is 2.06. The van der Waals surface area contributed by atoms with Crippen molar-refractivity contribution in [2.24, 2.45) is 0 Å². The highest BCUT2D eigenvalue weighted by molar-refractivity contribution is 9.10. The Morgan fingerprint density at radius 3 is 2.45 bits per heavy atom. The van der Waals surface area contributed by atoms with Crippen molar-refractivity contribution in [2.75, 3.05) is 13.6 Å². The predicted molar refractivity (Wildman–Crippen MR) is 88.5 cm³/mol. The van der Waals surface area contributed by atoms with Gasteiger partial charge in [-0.3, -0.25) is 9.59 Å². The molecule has 2 rings (SSSR count). The van der Waals surface area contributed by atoms with Gasteiger partial charge in [0.25, 0.3) is 0 Å². The van der Waals surface area contributed by atoms with Crippen LogP contribution < -0.4 is 0 Å². The van der Waals surface area contributed by atoms with Crippen LogP contribution in [0, 0.1) is 0 Å². The van der Waals surface area contributed by atoms with Crippen molar-refractivity contribution in [1.29, 1.82) is 0 Å². The van der Waals surface area contributed by atoms with E-state index in [1.807, 2.05) is 45.0 Å². The Morgan fingerprint density at radius 2 is 1.95 bits per heavy atom. The fraction of sp³-hybridized carbons (Fsp3) is 0.529. The SMILES string of the molecule is CN(CC(=O)OC(C)(C)C)C(=O)C1(c2cccc(Br)c2)CC1. The molecule has 1 amide bonds. The van der Waals surface area contributed by atoms with E-state index in [2.05, 4.69) is 15.9 Å². The highest BCUT2D eigenvalue weighted by Gasteiger charge is 2.52. The van der Waals surface area contributed by atoms with Crippen LogP contribution in [0.2, 0.25) is 0 Å². The van der Waals surface area contributed by atoms with Gasteiger partial charge in [0.15, 0.2) is 0 Å². The minimum Gasteiger partial charge on any atom is -0.459 e. The summed E-state index contributed by atoms with van der Waals surface area (Å²) in [6.45, 7) is 5.43. The topological polar surface area (TPSA) is 46.6 Å². The molecule has 1 saturated carbocycles. The van der Waals surface area contributed by atoms with Crippen molar-refractivity contribution in [3.05, 3.63) is 34.3 Å². The molecule has 5 heteroatoms. The van der Waals surface area contributed by atoms with Crippen molar-refractivity contribution in [2.45, 2.75) is 44.6 Å². The number of hydrogen-bond acceptors (Lipinski definition) is 3. The van der Waals surface area contributed by atoms with Crippen LogP contribution in [0.25, 0.3) is 0 Å². The molecule has 0 saturated heterocycles. The summed E-state index contributed by atoms with van der Waals surface area (Å²) in [4.78, 5) is 26.1. The molecule has 1 fully saturated rings. The zero-order chi connectivity index (χ0) is 16.5. The summed E-state index contributed by atoms with van der Waals surface area (Å²) in [5, 5.41) is 0. The van der Waals surface area contributed by atoms with Gasteiger partial charge < -0.3 is 9.64 Å². The van der Waals surface area contributed by atoms with E-state index in [0.717, 1.165) is 22.9 Å². The minimum atomic E-state index is -0.539. The quantitative estimate of drug-likeness (QED) is 0.767.